The zero-order chi connectivity index (χ0) is 27.4. The van der Waals surface area contributed by atoms with Crippen LogP contribution in [0.1, 0.15) is 57.8 Å². The molecule has 3 aromatic rings. The van der Waals surface area contributed by atoms with Crippen molar-refractivity contribution in [1.29, 1.82) is 0 Å². The van der Waals surface area contributed by atoms with E-state index in [-0.39, 0.29) is 57.9 Å². The van der Waals surface area contributed by atoms with Crippen molar-refractivity contribution in [3.8, 4) is 11.3 Å². The molecule has 3 rings (SSSR count). The first-order valence-corrected chi connectivity index (χ1v) is 12.6. The number of halogens is 3. The number of rotatable bonds is 9. The minimum atomic E-state index is -1.43. The standard InChI is InChI=1S/C24H22BrCl2N3O7/c1-4-30-15(10-29-11-28-18(23(34)36-5-2)20(29)24(35)37-6-3)17(25)21(31)16(22(32)33)19(30)12-7-8-13(26)14(27)9-12/h7-9,11H,4-6,10H2,1-3H3,(H,32,33). The summed E-state index contributed by atoms with van der Waals surface area (Å²) >= 11 is 15.5. The number of esters is 2. The number of carbonyl (C=O) groups excluding carboxylic acids is 2. The Morgan fingerprint density at radius 3 is 2.27 bits per heavy atom. The highest BCUT2D eigenvalue weighted by Crippen LogP contribution is 2.32. The van der Waals surface area contributed by atoms with Crippen LogP contribution in [0.25, 0.3) is 11.3 Å². The Kier molecular flexibility index (Phi) is 9.16. The van der Waals surface area contributed by atoms with Crippen molar-refractivity contribution in [1.82, 2.24) is 14.1 Å². The van der Waals surface area contributed by atoms with E-state index in [9.17, 15) is 24.3 Å². The molecule has 0 radical (unpaired) electrons. The molecule has 0 fully saturated rings. The van der Waals surface area contributed by atoms with Gasteiger partial charge in [0.15, 0.2) is 11.4 Å². The van der Waals surface area contributed by atoms with E-state index in [4.69, 9.17) is 32.7 Å². The lowest BCUT2D eigenvalue weighted by Gasteiger charge is -2.22. The van der Waals surface area contributed by atoms with Crippen LogP contribution < -0.4 is 5.43 Å². The summed E-state index contributed by atoms with van der Waals surface area (Å²) in [4.78, 5) is 54.7. The summed E-state index contributed by atoms with van der Waals surface area (Å²) in [5.41, 5.74) is -0.898. The zero-order valence-electron chi connectivity index (χ0n) is 20.0. The van der Waals surface area contributed by atoms with Crippen LogP contribution in [-0.4, -0.2) is 50.3 Å². The summed E-state index contributed by atoms with van der Waals surface area (Å²) in [7, 11) is 0. The minimum Gasteiger partial charge on any atom is -0.477 e. The van der Waals surface area contributed by atoms with Crippen molar-refractivity contribution in [2.45, 2.75) is 33.9 Å². The molecule has 0 bridgehead atoms. The van der Waals surface area contributed by atoms with Gasteiger partial charge in [0.2, 0.25) is 5.43 Å². The molecule has 0 aliphatic heterocycles. The summed E-state index contributed by atoms with van der Waals surface area (Å²) in [6.45, 7) is 5.20. The van der Waals surface area contributed by atoms with Gasteiger partial charge >= 0.3 is 17.9 Å². The smallest absolute Gasteiger partial charge is 0.359 e. The number of aromatic nitrogens is 3. The number of carboxylic acids is 1. The van der Waals surface area contributed by atoms with Crippen molar-refractivity contribution < 1.29 is 29.0 Å². The van der Waals surface area contributed by atoms with E-state index in [1.807, 2.05) is 0 Å². The second-order valence-electron chi connectivity index (χ2n) is 7.50. The van der Waals surface area contributed by atoms with Gasteiger partial charge < -0.3 is 23.7 Å². The fraction of sp³-hybridized carbons (Fsp3) is 0.292. The van der Waals surface area contributed by atoms with Crippen LogP contribution in [0.2, 0.25) is 10.0 Å². The zero-order valence-corrected chi connectivity index (χ0v) is 23.1. The van der Waals surface area contributed by atoms with Crippen molar-refractivity contribution >= 4 is 57.0 Å². The van der Waals surface area contributed by atoms with Crippen molar-refractivity contribution in [3.63, 3.8) is 0 Å². The molecule has 13 heteroatoms. The van der Waals surface area contributed by atoms with Crippen LogP contribution in [0.5, 0.6) is 0 Å². The summed E-state index contributed by atoms with van der Waals surface area (Å²) in [5, 5.41) is 10.4. The molecular weight excluding hydrogens is 593 g/mol. The summed E-state index contributed by atoms with van der Waals surface area (Å²) in [6.07, 6.45) is 1.25. The molecule has 0 saturated heterocycles. The van der Waals surface area contributed by atoms with Gasteiger partial charge in [0.25, 0.3) is 0 Å². The van der Waals surface area contributed by atoms with Crippen molar-refractivity contribution in [3.05, 3.63) is 71.9 Å². The maximum absolute atomic E-state index is 13.3. The van der Waals surface area contributed by atoms with Gasteiger partial charge in [0.1, 0.15) is 5.56 Å². The average molecular weight is 615 g/mol. The maximum Gasteiger partial charge on any atom is 0.359 e. The third kappa shape index (κ3) is 5.58. The first kappa shape index (κ1) is 28.4. The van der Waals surface area contributed by atoms with E-state index < -0.39 is 28.9 Å². The molecule has 196 valence electrons. The van der Waals surface area contributed by atoms with Crippen molar-refractivity contribution in [2.24, 2.45) is 0 Å². The minimum absolute atomic E-state index is 0.0308. The van der Waals surface area contributed by atoms with Gasteiger partial charge in [-0.25, -0.2) is 19.4 Å². The van der Waals surface area contributed by atoms with Crippen LogP contribution in [0.3, 0.4) is 0 Å². The summed E-state index contributed by atoms with van der Waals surface area (Å²) in [5.74, 6) is -3.05. The predicted octanol–water partition coefficient (Wildman–Crippen LogP) is 4.90. The number of hydrogen-bond donors (Lipinski definition) is 1. The van der Waals surface area contributed by atoms with Crippen LogP contribution in [0.4, 0.5) is 0 Å². The third-order valence-electron chi connectivity index (χ3n) is 5.33. The number of imidazole rings is 1. The van der Waals surface area contributed by atoms with Gasteiger partial charge in [0.05, 0.1) is 52.0 Å². The molecule has 1 N–H and O–H groups in total. The van der Waals surface area contributed by atoms with E-state index in [0.717, 1.165) is 0 Å². The quantitative estimate of drug-likeness (QED) is 0.337. The average Bonchev–Trinajstić information content (AvgIpc) is 3.27. The number of carboxylic acid groups (broad SMARTS) is 1. The summed E-state index contributed by atoms with van der Waals surface area (Å²) in [6, 6.07) is 4.52. The molecule has 10 nitrogen and oxygen atoms in total. The Bertz CT molecular complexity index is 1450. The molecule has 0 aliphatic carbocycles. The molecule has 0 atom stereocenters. The van der Waals surface area contributed by atoms with E-state index >= 15 is 0 Å². The molecule has 0 spiro atoms. The van der Waals surface area contributed by atoms with Crippen molar-refractivity contribution in [2.75, 3.05) is 13.2 Å². The van der Waals surface area contributed by atoms with Gasteiger partial charge in [0, 0.05) is 12.1 Å². The number of nitrogens with zero attached hydrogens (tertiary/aromatic N) is 3. The van der Waals surface area contributed by atoms with Crippen LogP contribution >= 0.6 is 39.1 Å². The number of carbonyl (C=O) groups is 3. The highest BCUT2D eigenvalue weighted by atomic mass is 79.9. The largest absolute Gasteiger partial charge is 0.477 e. The van der Waals surface area contributed by atoms with E-state index in [1.165, 1.54) is 23.0 Å². The molecule has 0 unspecified atom stereocenters. The Balaban J connectivity index is 2.32. The fourth-order valence-electron chi connectivity index (χ4n) is 3.81. The Morgan fingerprint density at radius 2 is 1.70 bits per heavy atom. The molecule has 1 aromatic carbocycles. The van der Waals surface area contributed by atoms with Gasteiger partial charge in [-0.2, -0.15) is 0 Å². The number of hydrogen-bond acceptors (Lipinski definition) is 7. The van der Waals surface area contributed by atoms with Gasteiger partial charge in [-0.15, -0.1) is 0 Å². The van der Waals surface area contributed by atoms with Gasteiger partial charge in [-0.05, 0) is 48.8 Å². The first-order valence-electron chi connectivity index (χ1n) is 11.1. The molecule has 0 saturated carbocycles. The summed E-state index contributed by atoms with van der Waals surface area (Å²) < 4.78 is 13.0. The topological polar surface area (TPSA) is 130 Å². The number of benzene rings is 1. The molecular formula is C24H22BrCl2N3O7. The third-order valence-corrected chi connectivity index (χ3v) is 6.89. The number of aromatic carboxylic acids is 1. The van der Waals surface area contributed by atoms with Crippen LogP contribution in [0.15, 0.2) is 33.8 Å². The lowest BCUT2D eigenvalue weighted by molar-refractivity contribution is 0.0467. The van der Waals surface area contributed by atoms with E-state index in [1.54, 1.807) is 31.4 Å². The lowest BCUT2D eigenvalue weighted by atomic mass is 10.0. The maximum atomic E-state index is 13.3. The first-order chi connectivity index (χ1) is 17.6. The number of ether oxygens (including phenoxy) is 2. The van der Waals surface area contributed by atoms with E-state index in [2.05, 4.69) is 20.9 Å². The Labute approximate surface area is 229 Å². The van der Waals surface area contributed by atoms with Gasteiger partial charge in [-0.1, -0.05) is 29.3 Å². The second-order valence-corrected chi connectivity index (χ2v) is 9.11. The van der Waals surface area contributed by atoms with Crippen LogP contribution in [0, 0.1) is 0 Å². The Morgan fingerprint density at radius 1 is 1.05 bits per heavy atom. The Hall–Kier alpha value is -3.15. The van der Waals surface area contributed by atoms with Crippen LogP contribution in [-0.2, 0) is 22.6 Å². The van der Waals surface area contributed by atoms with Gasteiger partial charge in [-0.3, -0.25) is 4.79 Å². The molecule has 2 heterocycles. The molecule has 0 amide bonds. The molecule has 2 aromatic heterocycles. The highest BCUT2D eigenvalue weighted by Gasteiger charge is 2.29. The molecule has 0 aliphatic rings. The van der Waals surface area contributed by atoms with E-state index in [0.29, 0.717) is 11.3 Å². The SMILES string of the molecule is CCOC(=O)c1ncn(Cc2c(Br)c(=O)c(C(=O)O)c(-c3ccc(Cl)c(Cl)c3)n2CC)c1C(=O)OCC. The fourth-order valence-corrected chi connectivity index (χ4v) is 4.64. The lowest BCUT2D eigenvalue weighted by Crippen LogP contribution is -2.27. The monoisotopic (exact) mass is 613 g/mol. The predicted molar refractivity (Wildman–Crippen MR) is 140 cm³/mol. The highest BCUT2D eigenvalue weighted by molar-refractivity contribution is 9.10. The second kappa shape index (κ2) is 11.9. The molecule has 37 heavy (non-hydrogen) atoms. The number of pyridine rings is 1. The normalized spacial score (nSPS) is 10.9.